The van der Waals surface area contributed by atoms with Crippen molar-refractivity contribution in [2.24, 2.45) is 0 Å². The van der Waals surface area contributed by atoms with Crippen LogP contribution in [0, 0.1) is 13.8 Å². The third-order valence-electron chi connectivity index (χ3n) is 3.86. The molecule has 0 aliphatic carbocycles. The minimum atomic E-state index is 1.01. The van der Waals surface area contributed by atoms with Crippen LogP contribution in [0.1, 0.15) is 11.4 Å². The zero-order chi connectivity index (χ0) is 14.4. The SMILES string of the molecule is Cc1cc2ccccc2c(-c2cnn3c(C)cccc23)n1. The lowest BCUT2D eigenvalue weighted by molar-refractivity contribution is 0.915. The van der Waals surface area contributed by atoms with E-state index in [0.29, 0.717) is 0 Å². The molecule has 0 aliphatic rings. The zero-order valence-corrected chi connectivity index (χ0v) is 12.0. The lowest BCUT2D eigenvalue weighted by Crippen LogP contribution is -1.92. The molecular weight excluding hydrogens is 258 g/mol. The van der Waals surface area contributed by atoms with Crippen LogP contribution in [0.3, 0.4) is 0 Å². The van der Waals surface area contributed by atoms with E-state index in [9.17, 15) is 0 Å². The van der Waals surface area contributed by atoms with Gasteiger partial charge in [0.15, 0.2) is 0 Å². The van der Waals surface area contributed by atoms with Crippen molar-refractivity contribution in [1.29, 1.82) is 0 Å². The molecule has 102 valence electrons. The summed E-state index contributed by atoms with van der Waals surface area (Å²) < 4.78 is 1.97. The van der Waals surface area contributed by atoms with Crippen LogP contribution < -0.4 is 0 Å². The van der Waals surface area contributed by atoms with Crippen LogP contribution in [-0.2, 0) is 0 Å². The molecule has 0 unspecified atom stereocenters. The molecule has 4 aromatic rings. The van der Waals surface area contributed by atoms with Crippen molar-refractivity contribution in [1.82, 2.24) is 14.6 Å². The summed E-state index contributed by atoms with van der Waals surface area (Å²) in [6.45, 7) is 4.10. The van der Waals surface area contributed by atoms with Crippen molar-refractivity contribution in [3.63, 3.8) is 0 Å². The summed E-state index contributed by atoms with van der Waals surface area (Å²) >= 11 is 0. The molecule has 0 saturated heterocycles. The van der Waals surface area contributed by atoms with Crippen LogP contribution >= 0.6 is 0 Å². The van der Waals surface area contributed by atoms with Gasteiger partial charge in [0.25, 0.3) is 0 Å². The molecule has 21 heavy (non-hydrogen) atoms. The van der Waals surface area contributed by atoms with E-state index in [4.69, 9.17) is 4.98 Å². The van der Waals surface area contributed by atoms with Gasteiger partial charge in [0, 0.05) is 22.3 Å². The second kappa shape index (κ2) is 4.42. The summed E-state index contributed by atoms with van der Waals surface area (Å²) in [4.78, 5) is 4.77. The number of pyridine rings is 2. The molecule has 0 bridgehead atoms. The van der Waals surface area contributed by atoms with Gasteiger partial charge in [0.1, 0.15) is 0 Å². The van der Waals surface area contributed by atoms with Crippen molar-refractivity contribution in [3.05, 3.63) is 66.1 Å². The molecule has 0 N–H and O–H groups in total. The molecule has 0 spiro atoms. The Bertz CT molecular complexity index is 967. The van der Waals surface area contributed by atoms with Crippen LogP contribution in [0.4, 0.5) is 0 Å². The molecular formula is C18H15N3. The second-order valence-corrected chi connectivity index (χ2v) is 5.36. The third kappa shape index (κ3) is 1.82. The van der Waals surface area contributed by atoms with Gasteiger partial charge in [-0.05, 0) is 37.4 Å². The van der Waals surface area contributed by atoms with Crippen molar-refractivity contribution in [2.75, 3.05) is 0 Å². The van der Waals surface area contributed by atoms with Crippen molar-refractivity contribution in [2.45, 2.75) is 13.8 Å². The highest BCUT2D eigenvalue weighted by Crippen LogP contribution is 2.30. The lowest BCUT2D eigenvalue weighted by Gasteiger charge is -2.07. The smallest absolute Gasteiger partial charge is 0.0821 e. The minimum Gasteiger partial charge on any atom is -0.252 e. The van der Waals surface area contributed by atoms with Gasteiger partial charge in [-0.25, -0.2) is 4.52 Å². The van der Waals surface area contributed by atoms with E-state index in [1.807, 2.05) is 17.6 Å². The molecule has 3 nitrogen and oxygen atoms in total. The number of hydrogen-bond acceptors (Lipinski definition) is 2. The molecule has 3 heterocycles. The summed E-state index contributed by atoms with van der Waals surface area (Å²) in [7, 11) is 0. The van der Waals surface area contributed by atoms with E-state index >= 15 is 0 Å². The third-order valence-corrected chi connectivity index (χ3v) is 3.86. The first kappa shape index (κ1) is 12.1. The fourth-order valence-corrected chi connectivity index (χ4v) is 2.87. The van der Waals surface area contributed by atoms with E-state index in [0.717, 1.165) is 28.2 Å². The van der Waals surface area contributed by atoms with E-state index in [-0.39, 0.29) is 0 Å². The maximum Gasteiger partial charge on any atom is 0.0821 e. The average molecular weight is 273 g/mol. The Hall–Kier alpha value is -2.68. The first-order chi connectivity index (χ1) is 10.2. The highest BCUT2D eigenvalue weighted by molar-refractivity contribution is 5.98. The maximum atomic E-state index is 4.77. The Kier molecular flexibility index (Phi) is 2.54. The van der Waals surface area contributed by atoms with Crippen LogP contribution in [0.2, 0.25) is 0 Å². The summed E-state index contributed by atoms with van der Waals surface area (Å²) in [5.41, 5.74) is 5.33. The average Bonchev–Trinajstić information content (AvgIpc) is 2.91. The van der Waals surface area contributed by atoms with E-state index < -0.39 is 0 Å². The van der Waals surface area contributed by atoms with E-state index in [1.54, 1.807) is 0 Å². The van der Waals surface area contributed by atoms with E-state index in [1.165, 1.54) is 10.8 Å². The molecule has 0 atom stereocenters. The van der Waals surface area contributed by atoms with Gasteiger partial charge in [0.05, 0.1) is 17.4 Å². The molecule has 3 heteroatoms. The Morgan fingerprint density at radius 1 is 0.952 bits per heavy atom. The van der Waals surface area contributed by atoms with Gasteiger partial charge >= 0.3 is 0 Å². The minimum absolute atomic E-state index is 1.01. The second-order valence-electron chi connectivity index (χ2n) is 5.36. The van der Waals surface area contributed by atoms with Gasteiger partial charge in [-0.15, -0.1) is 0 Å². The van der Waals surface area contributed by atoms with Gasteiger partial charge in [-0.3, -0.25) is 4.98 Å². The Labute approximate surface area is 122 Å². The normalized spacial score (nSPS) is 11.3. The largest absolute Gasteiger partial charge is 0.252 e. The number of fused-ring (bicyclic) bond motifs is 2. The van der Waals surface area contributed by atoms with Gasteiger partial charge in [0.2, 0.25) is 0 Å². The Morgan fingerprint density at radius 2 is 1.81 bits per heavy atom. The fourth-order valence-electron chi connectivity index (χ4n) is 2.87. The van der Waals surface area contributed by atoms with Crippen molar-refractivity contribution < 1.29 is 0 Å². The number of aromatic nitrogens is 3. The highest BCUT2D eigenvalue weighted by Gasteiger charge is 2.12. The van der Waals surface area contributed by atoms with Gasteiger partial charge < -0.3 is 0 Å². The van der Waals surface area contributed by atoms with Crippen molar-refractivity contribution >= 4 is 16.3 Å². The van der Waals surface area contributed by atoms with Crippen LogP contribution in [0.25, 0.3) is 27.5 Å². The summed E-state index contributed by atoms with van der Waals surface area (Å²) in [5.74, 6) is 0. The predicted molar refractivity (Wildman–Crippen MR) is 85.4 cm³/mol. The molecule has 0 aliphatic heterocycles. The zero-order valence-electron chi connectivity index (χ0n) is 12.0. The van der Waals surface area contributed by atoms with Crippen LogP contribution in [0.5, 0.6) is 0 Å². The van der Waals surface area contributed by atoms with Gasteiger partial charge in [-0.1, -0.05) is 30.3 Å². The highest BCUT2D eigenvalue weighted by atomic mass is 15.2. The Balaban J connectivity index is 2.11. The topological polar surface area (TPSA) is 30.2 Å². The van der Waals surface area contributed by atoms with Gasteiger partial charge in [-0.2, -0.15) is 5.10 Å². The number of hydrogen-bond donors (Lipinski definition) is 0. The van der Waals surface area contributed by atoms with Crippen LogP contribution in [0.15, 0.2) is 54.7 Å². The standard InChI is InChI=1S/C18H15N3/c1-12-10-14-7-3-4-8-15(14)18(20-12)16-11-19-21-13(2)6-5-9-17(16)21/h3-11H,1-2H3. The molecule has 0 radical (unpaired) electrons. The maximum absolute atomic E-state index is 4.77. The first-order valence-corrected chi connectivity index (χ1v) is 7.04. The lowest BCUT2D eigenvalue weighted by atomic mass is 10.0. The fraction of sp³-hybridized carbons (Fsp3) is 0.111. The number of aryl methyl sites for hydroxylation is 2. The van der Waals surface area contributed by atoms with Crippen molar-refractivity contribution in [3.8, 4) is 11.3 Å². The Morgan fingerprint density at radius 3 is 2.71 bits per heavy atom. The number of benzene rings is 1. The summed E-state index contributed by atoms with van der Waals surface area (Å²) in [6.07, 6.45) is 1.91. The molecule has 1 aromatic carbocycles. The molecule has 0 fully saturated rings. The molecule has 4 rings (SSSR count). The number of rotatable bonds is 1. The summed E-state index contributed by atoms with van der Waals surface area (Å²) in [5, 5.41) is 6.89. The van der Waals surface area contributed by atoms with Crippen LogP contribution in [-0.4, -0.2) is 14.6 Å². The summed E-state index contributed by atoms with van der Waals surface area (Å²) in [6, 6.07) is 16.7. The number of nitrogens with zero attached hydrogens (tertiary/aromatic N) is 3. The molecule has 3 aromatic heterocycles. The first-order valence-electron chi connectivity index (χ1n) is 7.04. The van der Waals surface area contributed by atoms with E-state index in [2.05, 4.69) is 60.6 Å². The molecule has 0 saturated carbocycles. The quantitative estimate of drug-likeness (QED) is 0.521. The molecule has 0 amide bonds. The predicted octanol–water partition coefficient (Wildman–Crippen LogP) is 4.17. The monoisotopic (exact) mass is 273 g/mol.